The van der Waals surface area contributed by atoms with Crippen LogP contribution < -0.4 is 4.72 Å². The second-order valence-electron chi connectivity index (χ2n) is 3.52. The molecule has 1 aromatic carbocycles. The minimum Gasteiger partial charge on any atom is -0.480 e. The fourth-order valence-electron chi connectivity index (χ4n) is 1.37. The molecule has 1 aromatic rings. The Kier molecular flexibility index (Phi) is 3.66. The van der Waals surface area contributed by atoms with Gasteiger partial charge in [-0.3, -0.25) is 4.79 Å². The third-order valence-electron chi connectivity index (χ3n) is 2.08. The van der Waals surface area contributed by atoms with Crippen molar-refractivity contribution in [2.75, 3.05) is 6.26 Å². The Bertz CT molecular complexity index is 495. The molecule has 1 atom stereocenters. The van der Waals surface area contributed by atoms with Crippen molar-refractivity contribution >= 4 is 16.0 Å². The van der Waals surface area contributed by atoms with E-state index in [4.69, 9.17) is 5.11 Å². The molecule has 0 aliphatic heterocycles. The van der Waals surface area contributed by atoms with Gasteiger partial charge in [-0.25, -0.2) is 8.42 Å². The van der Waals surface area contributed by atoms with Crippen LogP contribution >= 0.6 is 0 Å². The largest absolute Gasteiger partial charge is 0.480 e. The van der Waals surface area contributed by atoms with Crippen molar-refractivity contribution in [3.05, 3.63) is 35.4 Å². The van der Waals surface area contributed by atoms with Crippen LogP contribution in [0.3, 0.4) is 0 Å². The van der Waals surface area contributed by atoms with Crippen LogP contribution in [0.25, 0.3) is 0 Å². The van der Waals surface area contributed by atoms with Crippen LogP contribution in [-0.4, -0.2) is 25.7 Å². The third kappa shape index (κ3) is 3.32. The Balaban J connectivity index is 3.14. The van der Waals surface area contributed by atoms with E-state index >= 15 is 0 Å². The summed E-state index contributed by atoms with van der Waals surface area (Å²) in [5.74, 6) is -1.22. The average Bonchev–Trinajstić information content (AvgIpc) is 2.13. The first-order valence-corrected chi connectivity index (χ1v) is 6.46. The van der Waals surface area contributed by atoms with Crippen LogP contribution in [0, 0.1) is 6.92 Å². The van der Waals surface area contributed by atoms with Crippen molar-refractivity contribution in [2.45, 2.75) is 13.0 Å². The molecule has 0 saturated carbocycles. The van der Waals surface area contributed by atoms with Crippen LogP contribution in [0.5, 0.6) is 0 Å². The van der Waals surface area contributed by atoms with Crippen LogP contribution in [0.15, 0.2) is 24.3 Å². The second-order valence-corrected chi connectivity index (χ2v) is 5.30. The Labute approximate surface area is 94.2 Å². The lowest BCUT2D eigenvalue weighted by Crippen LogP contribution is -2.33. The van der Waals surface area contributed by atoms with Crippen LogP contribution in [0.4, 0.5) is 0 Å². The monoisotopic (exact) mass is 243 g/mol. The Morgan fingerprint density at radius 3 is 2.38 bits per heavy atom. The third-order valence-corrected chi connectivity index (χ3v) is 2.74. The number of aliphatic carboxylic acids is 1. The highest BCUT2D eigenvalue weighted by Gasteiger charge is 2.24. The maximum Gasteiger partial charge on any atom is 0.326 e. The normalized spacial score (nSPS) is 13.4. The molecule has 16 heavy (non-hydrogen) atoms. The van der Waals surface area contributed by atoms with E-state index in [1.165, 1.54) is 0 Å². The topological polar surface area (TPSA) is 83.5 Å². The zero-order valence-corrected chi connectivity index (χ0v) is 9.78. The van der Waals surface area contributed by atoms with E-state index in [0.717, 1.165) is 11.8 Å². The summed E-state index contributed by atoms with van der Waals surface area (Å²) in [6.07, 6.45) is 0.932. The quantitative estimate of drug-likeness (QED) is 0.814. The molecular formula is C10H13NO4S. The predicted molar refractivity (Wildman–Crippen MR) is 59.5 cm³/mol. The maximum atomic E-state index is 11.1. The summed E-state index contributed by atoms with van der Waals surface area (Å²) in [5, 5.41) is 8.99. The van der Waals surface area contributed by atoms with E-state index in [1.807, 2.05) is 0 Å². The van der Waals surface area contributed by atoms with Gasteiger partial charge in [0.2, 0.25) is 10.0 Å². The number of sulfonamides is 1. The summed E-state index contributed by atoms with van der Waals surface area (Å²) in [4.78, 5) is 11.0. The maximum absolute atomic E-state index is 11.1. The fraction of sp³-hybridized carbons (Fsp3) is 0.300. The minimum absolute atomic E-state index is 0.445. The molecule has 0 aliphatic rings. The Morgan fingerprint density at radius 2 is 1.94 bits per heavy atom. The Morgan fingerprint density at radius 1 is 1.38 bits per heavy atom. The van der Waals surface area contributed by atoms with E-state index in [0.29, 0.717) is 5.56 Å². The van der Waals surface area contributed by atoms with E-state index in [-0.39, 0.29) is 0 Å². The lowest BCUT2D eigenvalue weighted by molar-refractivity contribution is -0.139. The van der Waals surface area contributed by atoms with Gasteiger partial charge in [-0.1, -0.05) is 24.3 Å². The lowest BCUT2D eigenvalue weighted by Gasteiger charge is -2.15. The molecule has 2 N–H and O–H groups in total. The van der Waals surface area contributed by atoms with Crippen LogP contribution in [0.2, 0.25) is 0 Å². The zero-order chi connectivity index (χ0) is 12.3. The van der Waals surface area contributed by atoms with Gasteiger partial charge in [-0.15, -0.1) is 0 Å². The Hall–Kier alpha value is -1.40. The number of aryl methyl sites for hydroxylation is 1. The van der Waals surface area contributed by atoms with E-state index in [1.54, 1.807) is 31.2 Å². The molecule has 0 radical (unpaired) electrons. The highest BCUT2D eigenvalue weighted by molar-refractivity contribution is 7.88. The molecule has 0 aliphatic carbocycles. The number of hydrogen-bond donors (Lipinski definition) is 2. The zero-order valence-electron chi connectivity index (χ0n) is 8.97. The van der Waals surface area contributed by atoms with Gasteiger partial charge >= 0.3 is 5.97 Å². The number of carboxylic acid groups (broad SMARTS) is 1. The van der Waals surface area contributed by atoms with E-state index in [2.05, 4.69) is 4.72 Å². The number of rotatable bonds is 4. The first-order valence-electron chi connectivity index (χ1n) is 4.57. The van der Waals surface area contributed by atoms with Crippen LogP contribution in [-0.2, 0) is 14.8 Å². The molecule has 1 rings (SSSR count). The van der Waals surface area contributed by atoms with Crippen molar-refractivity contribution in [3.63, 3.8) is 0 Å². The summed E-state index contributed by atoms with van der Waals surface area (Å²) in [7, 11) is -3.56. The predicted octanol–water partition coefficient (Wildman–Crippen LogP) is 0.670. The molecule has 1 unspecified atom stereocenters. The van der Waals surface area contributed by atoms with Gasteiger partial charge in [0.1, 0.15) is 6.04 Å². The van der Waals surface area contributed by atoms with Gasteiger partial charge in [0.05, 0.1) is 6.26 Å². The van der Waals surface area contributed by atoms with Crippen molar-refractivity contribution in [1.82, 2.24) is 4.72 Å². The SMILES string of the molecule is Cc1ccccc1C(NS(C)(=O)=O)C(=O)O. The number of carbonyl (C=O) groups is 1. The summed E-state index contributed by atoms with van der Waals surface area (Å²) in [6, 6.07) is 5.51. The average molecular weight is 243 g/mol. The standard InChI is InChI=1S/C10H13NO4S/c1-7-5-3-4-6-8(7)9(10(12)13)11-16(2,14)15/h3-6,9,11H,1-2H3,(H,12,13). The van der Waals surface area contributed by atoms with Crippen molar-refractivity contribution in [1.29, 1.82) is 0 Å². The summed E-state index contributed by atoms with van der Waals surface area (Å²) in [6.45, 7) is 1.73. The van der Waals surface area contributed by atoms with Gasteiger partial charge in [0.15, 0.2) is 0 Å². The second kappa shape index (κ2) is 4.63. The highest BCUT2D eigenvalue weighted by atomic mass is 32.2. The summed E-state index contributed by atoms with van der Waals surface area (Å²) >= 11 is 0. The first kappa shape index (κ1) is 12.7. The van der Waals surface area contributed by atoms with Gasteiger partial charge in [-0.05, 0) is 18.1 Å². The van der Waals surface area contributed by atoms with Gasteiger partial charge in [-0.2, -0.15) is 4.72 Å². The number of carboxylic acids is 1. The molecule has 88 valence electrons. The molecule has 0 bridgehead atoms. The van der Waals surface area contributed by atoms with Gasteiger partial charge in [0.25, 0.3) is 0 Å². The van der Waals surface area contributed by atoms with Crippen molar-refractivity contribution in [3.8, 4) is 0 Å². The molecule has 0 saturated heterocycles. The highest BCUT2D eigenvalue weighted by Crippen LogP contribution is 2.18. The van der Waals surface area contributed by atoms with Gasteiger partial charge < -0.3 is 5.11 Å². The lowest BCUT2D eigenvalue weighted by atomic mass is 10.0. The molecular weight excluding hydrogens is 230 g/mol. The molecule has 0 heterocycles. The van der Waals surface area contributed by atoms with E-state index in [9.17, 15) is 13.2 Å². The molecule has 0 fully saturated rings. The summed E-state index contributed by atoms with van der Waals surface area (Å²) < 4.78 is 24.2. The first-order chi connectivity index (χ1) is 7.31. The van der Waals surface area contributed by atoms with Gasteiger partial charge in [0, 0.05) is 0 Å². The molecule has 0 aromatic heterocycles. The van der Waals surface area contributed by atoms with E-state index < -0.39 is 22.0 Å². The molecule has 6 heteroatoms. The molecule has 0 spiro atoms. The number of nitrogens with one attached hydrogen (secondary N) is 1. The smallest absolute Gasteiger partial charge is 0.326 e. The van der Waals surface area contributed by atoms with Crippen molar-refractivity contribution < 1.29 is 18.3 Å². The molecule has 5 nitrogen and oxygen atoms in total. The number of hydrogen-bond acceptors (Lipinski definition) is 3. The molecule has 0 amide bonds. The fourth-order valence-corrected chi connectivity index (χ4v) is 2.03. The number of benzene rings is 1. The summed E-state index contributed by atoms with van der Waals surface area (Å²) in [5.41, 5.74) is 1.17. The van der Waals surface area contributed by atoms with Crippen molar-refractivity contribution in [2.24, 2.45) is 0 Å². The minimum atomic E-state index is -3.56. The van der Waals surface area contributed by atoms with Crippen LogP contribution in [0.1, 0.15) is 17.2 Å².